The number of fused-ring (bicyclic) bond motifs is 2. The lowest BCUT2D eigenvalue weighted by atomic mass is 9.86. The lowest BCUT2D eigenvalue weighted by molar-refractivity contribution is 0.411. The molecule has 2 aromatic heterocycles. The highest BCUT2D eigenvalue weighted by Gasteiger charge is 2.20. The Labute approximate surface area is 233 Å². The van der Waals surface area contributed by atoms with E-state index in [9.17, 15) is 0 Å². The maximum atomic E-state index is 8.84. The van der Waals surface area contributed by atoms with E-state index in [1.54, 1.807) is 6.26 Å². The third-order valence-electron chi connectivity index (χ3n) is 7.10. The van der Waals surface area contributed by atoms with Crippen LogP contribution < -0.4 is 0 Å². The maximum Gasteiger partial charge on any atom is 0.149 e. The van der Waals surface area contributed by atoms with Gasteiger partial charge in [0, 0.05) is 13.8 Å². The van der Waals surface area contributed by atoms with E-state index in [4.69, 9.17) is 12.1 Å². The van der Waals surface area contributed by atoms with Crippen molar-refractivity contribution in [3.8, 4) is 28.2 Å². The largest absolute Gasteiger partial charge is 0.464 e. The Morgan fingerprint density at radius 3 is 2.13 bits per heavy atom. The van der Waals surface area contributed by atoms with Crippen LogP contribution in [0.3, 0.4) is 0 Å². The average Bonchev–Trinajstić information content (AvgIpc) is 3.53. The summed E-state index contributed by atoms with van der Waals surface area (Å²) in [5, 5.41) is 0.850. The van der Waals surface area contributed by atoms with Gasteiger partial charge in [0.2, 0.25) is 0 Å². The molecular formula is C36H36N2O. The van der Waals surface area contributed by atoms with Gasteiger partial charge in [-0.2, -0.15) is 0 Å². The first kappa shape index (κ1) is 22.8. The Kier molecular flexibility index (Phi) is 5.43. The summed E-state index contributed by atoms with van der Waals surface area (Å²) in [5.74, 6) is 0.765. The van der Waals surface area contributed by atoms with Crippen LogP contribution in [-0.4, -0.2) is 9.55 Å². The average molecular weight is 515 g/mol. The number of hydrogen-bond donors (Lipinski definition) is 0. The van der Waals surface area contributed by atoms with E-state index in [1.807, 2.05) is 57.2 Å². The molecule has 6 aromatic rings. The molecule has 0 fully saturated rings. The van der Waals surface area contributed by atoms with Gasteiger partial charge in [-0.25, -0.2) is 4.98 Å². The van der Waals surface area contributed by atoms with Crippen molar-refractivity contribution in [3.05, 3.63) is 108 Å². The fraction of sp³-hybridized carbons (Fsp3) is 0.250. The summed E-state index contributed by atoms with van der Waals surface area (Å²) in [5.41, 5.74) is 8.28. The van der Waals surface area contributed by atoms with Gasteiger partial charge >= 0.3 is 0 Å². The quantitative estimate of drug-likeness (QED) is 0.234. The van der Waals surface area contributed by atoms with Crippen molar-refractivity contribution in [1.82, 2.24) is 9.55 Å². The number of para-hydroxylation sites is 2. The topological polar surface area (TPSA) is 31.0 Å². The number of aromatic nitrogens is 2. The number of benzene rings is 4. The van der Waals surface area contributed by atoms with Crippen LogP contribution in [0, 0.1) is 5.41 Å². The third kappa shape index (κ3) is 4.90. The van der Waals surface area contributed by atoms with Gasteiger partial charge < -0.3 is 4.42 Å². The Morgan fingerprint density at radius 1 is 0.795 bits per heavy atom. The normalized spacial score (nSPS) is 13.6. The maximum absolute atomic E-state index is 8.84. The zero-order chi connectivity index (χ0) is 29.2. The Balaban J connectivity index is 1.47. The Hall–Kier alpha value is -4.11. The minimum Gasteiger partial charge on any atom is -0.464 e. The summed E-state index contributed by atoms with van der Waals surface area (Å²) in [6.07, 6.45) is 0.223. The Morgan fingerprint density at radius 2 is 1.46 bits per heavy atom. The van der Waals surface area contributed by atoms with Crippen LogP contribution in [0.5, 0.6) is 0 Å². The molecule has 196 valence electrons. The van der Waals surface area contributed by atoms with Gasteiger partial charge in [-0.05, 0) is 75.9 Å². The molecule has 0 unspecified atom stereocenters. The van der Waals surface area contributed by atoms with Crippen LogP contribution in [0.15, 0.2) is 102 Å². The van der Waals surface area contributed by atoms with Crippen LogP contribution in [0.25, 0.3) is 50.2 Å². The first-order chi connectivity index (χ1) is 19.3. The second-order valence-electron chi connectivity index (χ2n) is 12.4. The van der Waals surface area contributed by atoms with Crippen molar-refractivity contribution in [2.24, 2.45) is 5.41 Å². The summed E-state index contributed by atoms with van der Waals surface area (Å²) in [7, 11) is 0. The number of furan rings is 1. The predicted octanol–water partition coefficient (Wildman–Crippen LogP) is 9.99. The highest BCUT2D eigenvalue weighted by Crippen LogP contribution is 2.36. The highest BCUT2D eigenvalue weighted by atomic mass is 16.3. The van der Waals surface area contributed by atoms with Crippen LogP contribution >= 0.6 is 0 Å². The second-order valence-corrected chi connectivity index (χ2v) is 12.4. The van der Waals surface area contributed by atoms with Gasteiger partial charge in [-0.1, -0.05) is 96.1 Å². The molecule has 3 heteroatoms. The fourth-order valence-corrected chi connectivity index (χ4v) is 5.15. The molecule has 0 aliphatic carbocycles. The molecule has 0 saturated heterocycles. The molecule has 0 bridgehead atoms. The number of imidazole rings is 1. The molecule has 0 aliphatic rings. The van der Waals surface area contributed by atoms with Crippen molar-refractivity contribution in [1.29, 1.82) is 0 Å². The van der Waals surface area contributed by atoms with Gasteiger partial charge in [0.15, 0.2) is 0 Å². The molecule has 2 heterocycles. The standard InChI is InChI=1S/C36H36N2O/c1-35(2,3)22-24-11-20-33-29(21-24)30(23-39-33)34-37-31-9-7-8-10-32(31)38(34)28-18-14-26(15-19-28)25-12-16-27(17-13-25)36(4,5)6/h7-21,23H,22H2,1-6H3/i22D2. The molecular weight excluding hydrogens is 476 g/mol. The molecule has 0 radical (unpaired) electrons. The Bertz CT molecular complexity index is 1860. The van der Waals surface area contributed by atoms with E-state index in [0.29, 0.717) is 11.1 Å². The van der Waals surface area contributed by atoms with E-state index in [2.05, 4.69) is 79.9 Å². The van der Waals surface area contributed by atoms with Gasteiger partial charge in [0.1, 0.15) is 17.7 Å². The van der Waals surface area contributed by atoms with Crippen LogP contribution in [0.2, 0.25) is 0 Å². The highest BCUT2D eigenvalue weighted by molar-refractivity contribution is 5.95. The lowest BCUT2D eigenvalue weighted by Crippen LogP contribution is -2.10. The summed E-state index contributed by atoms with van der Waals surface area (Å²) < 4.78 is 25.8. The summed E-state index contributed by atoms with van der Waals surface area (Å²) in [4.78, 5) is 5.04. The van der Waals surface area contributed by atoms with Gasteiger partial charge in [-0.3, -0.25) is 4.57 Å². The fourth-order valence-electron chi connectivity index (χ4n) is 5.15. The minimum absolute atomic E-state index is 0.120. The second kappa shape index (κ2) is 9.27. The lowest BCUT2D eigenvalue weighted by Gasteiger charge is -2.19. The first-order valence-electron chi connectivity index (χ1n) is 14.6. The van der Waals surface area contributed by atoms with Crippen molar-refractivity contribution in [3.63, 3.8) is 0 Å². The van der Waals surface area contributed by atoms with Gasteiger partial charge in [0.25, 0.3) is 0 Å². The monoisotopic (exact) mass is 514 g/mol. The van der Waals surface area contributed by atoms with E-state index in [1.165, 1.54) is 11.1 Å². The predicted molar refractivity (Wildman–Crippen MR) is 164 cm³/mol. The molecule has 0 aliphatic heterocycles. The molecule has 0 amide bonds. The number of rotatable bonds is 4. The number of hydrogen-bond acceptors (Lipinski definition) is 2. The third-order valence-corrected chi connectivity index (χ3v) is 7.10. The van der Waals surface area contributed by atoms with Crippen LogP contribution in [0.1, 0.15) is 55.4 Å². The van der Waals surface area contributed by atoms with Crippen molar-refractivity contribution >= 4 is 22.0 Å². The van der Waals surface area contributed by atoms with E-state index in [0.717, 1.165) is 39.1 Å². The molecule has 6 rings (SSSR count). The summed E-state index contributed by atoms with van der Waals surface area (Å²) in [6.45, 7) is 12.5. The van der Waals surface area contributed by atoms with Gasteiger partial charge in [-0.15, -0.1) is 0 Å². The van der Waals surface area contributed by atoms with Crippen LogP contribution in [0.4, 0.5) is 0 Å². The SMILES string of the molecule is [2H]C([2H])(c1ccc2occ(-c3nc4ccccc4n3-c3ccc(-c4ccc(C(C)(C)C)cc4)cc3)c2c1)C(C)(C)C. The van der Waals surface area contributed by atoms with E-state index >= 15 is 0 Å². The first-order valence-corrected chi connectivity index (χ1v) is 13.6. The molecule has 4 aromatic carbocycles. The smallest absolute Gasteiger partial charge is 0.149 e. The molecule has 0 saturated carbocycles. The van der Waals surface area contributed by atoms with Crippen molar-refractivity contribution < 1.29 is 7.16 Å². The van der Waals surface area contributed by atoms with Gasteiger partial charge in [0.05, 0.1) is 16.6 Å². The molecule has 39 heavy (non-hydrogen) atoms. The molecule has 0 atom stereocenters. The molecule has 0 spiro atoms. The number of nitrogens with zero attached hydrogens (tertiary/aromatic N) is 2. The summed E-state index contributed by atoms with van der Waals surface area (Å²) in [6, 6.07) is 31.1. The van der Waals surface area contributed by atoms with E-state index < -0.39 is 11.8 Å². The van der Waals surface area contributed by atoms with E-state index in [-0.39, 0.29) is 5.41 Å². The molecule has 3 nitrogen and oxygen atoms in total. The van der Waals surface area contributed by atoms with Crippen molar-refractivity contribution in [2.75, 3.05) is 0 Å². The van der Waals surface area contributed by atoms with Crippen molar-refractivity contribution in [2.45, 2.75) is 53.3 Å². The molecule has 0 N–H and O–H groups in total. The minimum atomic E-state index is -1.52. The summed E-state index contributed by atoms with van der Waals surface area (Å²) >= 11 is 0. The zero-order valence-corrected chi connectivity index (χ0v) is 23.5. The van der Waals surface area contributed by atoms with Crippen LogP contribution in [-0.2, 0) is 11.8 Å². The zero-order valence-electron chi connectivity index (χ0n) is 25.5.